The van der Waals surface area contributed by atoms with Crippen LogP contribution in [0.2, 0.25) is 0 Å². The van der Waals surface area contributed by atoms with Gasteiger partial charge in [-0.15, -0.1) is 0 Å². The Labute approximate surface area is 160 Å². The van der Waals surface area contributed by atoms with Gasteiger partial charge in [-0.1, -0.05) is 13.0 Å². The molecule has 1 N–H and O–H groups in total. The molecule has 1 aromatic carbocycles. The van der Waals surface area contributed by atoms with Crippen molar-refractivity contribution >= 4 is 15.9 Å². The van der Waals surface area contributed by atoms with E-state index in [0.29, 0.717) is 24.6 Å². The molecule has 0 bridgehead atoms. The van der Waals surface area contributed by atoms with Crippen molar-refractivity contribution in [3.05, 3.63) is 59.9 Å². The SMILES string of the molecule is CC1CCN(S(=O)(=O)c2ccc(C(=O)NC(C)c3ccccn3)cc2)CC1. The smallest absolute Gasteiger partial charge is 0.251 e. The number of carbonyl (C=O) groups is 1. The first kappa shape index (κ1) is 19.5. The van der Waals surface area contributed by atoms with Gasteiger partial charge in [-0.2, -0.15) is 4.31 Å². The van der Waals surface area contributed by atoms with Crippen LogP contribution >= 0.6 is 0 Å². The Morgan fingerprint density at radius 3 is 2.41 bits per heavy atom. The van der Waals surface area contributed by atoms with E-state index in [-0.39, 0.29) is 16.8 Å². The van der Waals surface area contributed by atoms with Crippen molar-refractivity contribution < 1.29 is 13.2 Å². The highest BCUT2D eigenvalue weighted by atomic mass is 32.2. The third kappa shape index (κ3) is 4.54. The maximum absolute atomic E-state index is 12.8. The van der Waals surface area contributed by atoms with Crippen LogP contribution in [0, 0.1) is 5.92 Å². The maximum atomic E-state index is 12.8. The number of aromatic nitrogens is 1. The Morgan fingerprint density at radius 2 is 1.81 bits per heavy atom. The Morgan fingerprint density at radius 1 is 1.15 bits per heavy atom. The summed E-state index contributed by atoms with van der Waals surface area (Å²) in [5.41, 5.74) is 1.19. The molecule has 144 valence electrons. The number of amides is 1. The van der Waals surface area contributed by atoms with Crippen LogP contribution in [-0.2, 0) is 10.0 Å². The quantitative estimate of drug-likeness (QED) is 0.855. The monoisotopic (exact) mass is 387 g/mol. The van der Waals surface area contributed by atoms with Gasteiger partial charge in [0, 0.05) is 24.8 Å². The summed E-state index contributed by atoms with van der Waals surface area (Å²) in [7, 11) is -3.50. The van der Waals surface area contributed by atoms with Crippen LogP contribution in [0.3, 0.4) is 0 Å². The fourth-order valence-electron chi connectivity index (χ4n) is 3.14. The normalized spacial score (nSPS) is 17.4. The highest BCUT2D eigenvalue weighted by Gasteiger charge is 2.28. The number of rotatable bonds is 5. The molecule has 1 aliphatic heterocycles. The summed E-state index contributed by atoms with van der Waals surface area (Å²) >= 11 is 0. The van der Waals surface area contributed by atoms with Gasteiger partial charge in [-0.05, 0) is 62.1 Å². The number of carbonyl (C=O) groups excluding carboxylic acids is 1. The molecule has 27 heavy (non-hydrogen) atoms. The summed E-state index contributed by atoms with van der Waals surface area (Å²) in [6.07, 6.45) is 3.44. The van der Waals surface area contributed by atoms with E-state index in [1.807, 2.05) is 25.1 Å². The van der Waals surface area contributed by atoms with Gasteiger partial charge in [0.1, 0.15) is 0 Å². The van der Waals surface area contributed by atoms with Gasteiger partial charge in [0.2, 0.25) is 10.0 Å². The number of nitrogens with zero attached hydrogens (tertiary/aromatic N) is 2. The highest BCUT2D eigenvalue weighted by Crippen LogP contribution is 2.23. The van der Waals surface area contributed by atoms with Crippen LogP contribution in [-0.4, -0.2) is 36.7 Å². The third-order valence-electron chi connectivity index (χ3n) is 4.98. The van der Waals surface area contributed by atoms with E-state index < -0.39 is 10.0 Å². The third-order valence-corrected chi connectivity index (χ3v) is 6.89. The van der Waals surface area contributed by atoms with Gasteiger partial charge in [0.25, 0.3) is 5.91 Å². The van der Waals surface area contributed by atoms with Crippen molar-refractivity contribution in [2.45, 2.75) is 37.6 Å². The number of piperidine rings is 1. The van der Waals surface area contributed by atoms with Crippen LogP contribution in [0.4, 0.5) is 0 Å². The van der Waals surface area contributed by atoms with Crippen molar-refractivity contribution in [3.8, 4) is 0 Å². The minimum Gasteiger partial charge on any atom is -0.344 e. The standard InChI is InChI=1S/C20H25N3O3S/c1-15-10-13-23(14-11-15)27(25,26)18-8-6-17(7-9-18)20(24)22-16(2)19-5-3-4-12-21-19/h3-9,12,15-16H,10-11,13-14H2,1-2H3,(H,22,24). The zero-order valence-corrected chi connectivity index (χ0v) is 16.4. The Kier molecular flexibility index (Phi) is 5.92. The van der Waals surface area contributed by atoms with Gasteiger partial charge in [0.05, 0.1) is 16.6 Å². The van der Waals surface area contributed by atoms with E-state index in [1.165, 1.54) is 16.4 Å². The fraction of sp³-hybridized carbons (Fsp3) is 0.400. The predicted molar refractivity (Wildman–Crippen MR) is 104 cm³/mol. The Bertz CT molecular complexity index is 874. The summed E-state index contributed by atoms with van der Waals surface area (Å²) in [6, 6.07) is 11.4. The lowest BCUT2D eigenvalue weighted by atomic mass is 10.0. The number of hydrogen-bond acceptors (Lipinski definition) is 4. The van der Waals surface area contributed by atoms with Crippen LogP contribution in [0.5, 0.6) is 0 Å². The molecule has 2 aromatic rings. The van der Waals surface area contributed by atoms with Crippen molar-refractivity contribution in [1.29, 1.82) is 0 Å². The predicted octanol–water partition coefficient (Wildman–Crippen LogP) is 2.99. The first-order chi connectivity index (χ1) is 12.9. The van der Waals surface area contributed by atoms with Gasteiger partial charge in [-0.3, -0.25) is 9.78 Å². The summed E-state index contributed by atoms with van der Waals surface area (Å²) < 4.78 is 27.0. The molecule has 7 heteroatoms. The average Bonchev–Trinajstić information content (AvgIpc) is 2.69. The van der Waals surface area contributed by atoms with E-state index >= 15 is 0 Å². The number of sulfonamides is 1. The molecule has 1 saturated heterocycles. The molecule has 1 aromatic heterocycles. The molecule has 2 heterocycles. The lowest BCUT2D eigenvalue weighted by Gasteiger charge is -2.29. The van der Waals surface area contributed by atoms with Crippen molar-refractivity contribution in [1.82, 2.24) is 14.6 Å². The number of benzene rings is 1. The maximum Gasteiger partial charge on any atom is 0.251 e. The molecule has 0 radical (unpaired) electrons. The van der Waals surface area contributed by atoms with Gasteiger partial charge < -0.3 is 5.32 Å². The first-order valence-electron chi connectivity index (χ1n) is 9.20. The number of nitrogens with one attached hydrogen (secondary N) is 1. The van der Waals surface area contributed by atoms with Crippen LogP contribution in [0.1, 0.15) is 48.8 Å². The second kappa shape index (κ2) is 8.19. The Hall–Kier alpha value is -2.25. The van der Waals surface area contributed by atoms with Gasteiger partial charge in [-0.25, -0.2) is 8.42 Å². The number of hydrogen-bond donors (Lipinski definition) is 1. The first-order valence-corrected chi connectivity index (χ1v) is 10.6. The average molecular weight is 388 g/mol. The summed E-state index contributed by atoms with van der Waals surface area (Å²) in [5, 5.41) is 2.88. The van der Waals surface area contributed by atoms with E-state index in [9.17, 15) is 13.2 Å². The topological polar surface area (TPSA) is 79.4 Å². The molecule has 0 aliphatic carbocycles. The summed E-state index contributed by atoms with van der Waals surface area (Å²) in [4.78, 5) is 16.9. The zero-order chi connectivity index (χ0) is 19.4. The van der Waals surface area contributed by atoms with Crippen LogP contribution < -0.4 is 5.32 Å². The lowest BCUT2D eigenvalue weighted by Crippen LogP contribution is -2.37. The molecule has 0 saturated carbocycles. The molecule has 3 rings (SSSR count). The molecule has 1 atom stereocenters. The second-order valence-electron chi connectivity index (χ2n) is 7.06. The molecule has 1 fully saturated rings. The molecular formula is C20H25N3O3S. The minimum atomic E-state index is -3.50. The van der Waals surface area contributed by atoms with E-state index in [2.05, 4.69) is 17.2 Å². The van der Waals surface area contributed by atoms with E-state index in [4.69, 9.17) is 0 Å². The van der Waals surface area contributed by atoms with E-state index in [0.717, 1.165) is 18.5 Å². The zero-order valence-electron chi connectivity index (χ0n) is 15.6. The summed E-state index contributed by atoms with van der Waals surface area (Å²) in [5.74, 6) is 0.299. The fourth-order valence-corrected chi connectivity index (χ4v) is 4.61. The highest BCUT2D eigenvalue weighted by molar-refractivity contribution is 7.89. The largest absolute Gasteiger partial charge is 0.344 e. The lowest BCUT2D eigenvalue weighted by molar-refractivity contribution is 0.0939. The van der Waals surface area contributed by atoms with Crippen molar-refractivity contribution in [2.24, 2.45) is 5.92 Å². The van der Waals surface area contributed by atoms with Gasteiger partial charge >= 0.3 is 0 Å². The molecule has 1 amide bonds. The van der Waals surface area contributed by atoms with E-state index in [1.54, 1.807) is 18.3 Å². The van der Waals surface area contributed by atoms with Crippen LogP contribution in [0.15, 0.2) is 53.6 Å². The number of pyridine rings is 1. The Balaban J connectivity index is 1.68. The van der Waals surface area contributed by atoms with Crippen LogP contribution in [0.25, 0.3) is 0 Å². The molecular weight excluding hydrogens is 362 g/mol. The second-order valence-corrected chi connectivity index (χ2v) is 9.00. The van der Waals surface area contributed by atoms with Gasteiger partial charge in [0.15, 0.2) is 0 Å². The molecule has 6 nitrogen and oxygen atoms in total. The minimum absolute atomic E-state index is 0.228. The molecule has 0 spiro atoms. The van der Waals surface area contributed by atoms with Crippen molar-refractivity contribution in [2.75, 3.05) is 13.1 Å². The molecule has 1 unspecified atom stereocenters. The summed E-state index contributed by atoms with van der Waals surface area (Å²) in [6.45, 7) is 5.10. The van der Waals surface area contributed by atoms with Crippen molar-refractivity contribution in [3.63, 3.8) is 0 Å². The molecule has 1 aliphatic rings.